The molecule has 10 heteroatoms. The molecule has 168 valence electrons. The number of sulfone groups is 1. The van der Waals surface area contributed by atoms with Gasteiger partial charge in [0, 0.05) is 48.8 Å². The quantitative estimate of drug-likeness (QED) is 0.481. The van der Waals surface area contributed by atoms with Gasteiger partial charge in [-0.3, -0.25) is 14.7 Å². The number of aromatic nitrogens is 2. The van der Waals surface area contributed by atoms with E-state index in [0.29, 0.717) is 35.2 Å². The summed E-state index contributed by atoms with van der Waals surface area (Å²) in [6.45, 7) is 6.56. The number of hydrogen-bond donors (Lipinski definition) is 3. The average molecular weight is 456 g/mol. The lowest BCUT2D eigenvalue weighted by Crippen LogP contribution is -2.50. The number of piperazine rings is 1. The van der Waals surface area contributed by atoms with Gasteiger partial charge >= 0.3 is 0 Å². The summed E-state index contributed by atoms with van der Waals surface area (Å²) in [6, 6.07) is 7.77. The molecule has 0 spiro atoms. The number of nitrogens with zero attached hydrogens (tertiary/aromatic N) is 3. The number of nitrogens with one attached hydrogen (secondary N) is 1. The third-order valence-corrected chi connectivity index (χ3v) is 7.83. The fraction of sp³-hybridized carbons (Fsp3) is 0.273. The second-order valence-electron chi connectivity index (χ2n) is 7.86. The van der Waals surface area contributed by atoms with Crippen LogP contribution in [-0.2, 0) is 9.84 Å². The van der Waals surface area contributed by atoms with Crippen LogP contribution in [0.5, 0.6) is 5.88 Å². The number of benzene rings is 1. The standard InChI is InChI=1S/C22H25N5O4S/c1-3-19(27-10-8-26(2)9-11-27)32(30,31)15-5-7-18(24-13-15)20-16-12-14(21(23)28)4-6-17(16)25-22(20)29/h3-7,12-13,19,25,29H,1,8-11H2,2H3,(H2,23,28). The van der Waals surface area contributed by atoms with Crippen molar-refractivity contribution in [1.29, 1.82) is 0 Å². The van der Waals surface area contributed by atoms with Gasteiger partial charge in [-0.05, 0) is 37.4 Å². The molecular formula is C22H25N5O4S. The monoisotopic (exact) mass is 455 g/mol. The number of nitrogens with two attached hydrogens (primary N) is 1. The molecular weight excluding hydrogens is 430 g/mol. The Hall–Kier alpha value is -3.21. The largest absolute Gasteiger partial charge is 0.494 e. The number of carbonyl (C=O) groups is 1. The van der Waals surface area contributed by atoms with Crippen molar-refractivity contribution in [3.63, 3.8) is 0 Å². The number of aromatic hydroxyl groups is 1. The molecule has 2 aromatic heterocycles. The van der Waals surface area contributed by atoms with E-state index in [1.165, 1.54) is 24.4 Å². The molecule has 1 atom stereocenters. The van der Waals surface area contributed by atoms with Gasteiger partial charge in [0.25, 0.3) is 0 Å². The Bertz CT molecular complexity index is 1280. The van der Waals surface area contributed by atoms with Crippen molar-refractivity contribution in [1.82, 2.24) is 19.8 Å². The molecule has 1 aromatic carbocycles. The fourth-order valence-electron chi connectivity index (χ4n) is 3.97. The molecule has 1 fully saturated rings. The molecule has 4 N–H and O–H groups in total. The average Bonchev–Trinajstić information content (AvgIpc) is 3.10. The van der Waals surface area contributed by atoms with Gasteiger partial charge in [-0.15, -0.1) is 6.58 Å². The summed E-state index contributed by atoms with van der Waals surface area (Å²) in [7, 11) is -1.73. The highest BCUT2D eigenvalue weighted by Gasteiger charge is 2.32. The highest BCUT2D eigenvalue weighted by Crippen LogP contribution is 2.36. The molecule has 32 heavy (non-hydrogen) atoms. The molecule has 1 aliphatic rings. The van der Waals surface area contributed by atoms with Crippen LogP contribution < -0.4 is 5.73 Å². The highest BCUT2D eigenvalue weighted by molar-refractivity contribution is 7.92. The van der Waals surface area contributed by atoms with E-state index < -0.39 is 21.1 Å². The maximum absolute atomic E-state index is 13.3. The first kappa shape index (κ1) is 22.0. The van der Waals surface area contributed by atoms with Gasteiger partial charge in [-0.1, -0.05) is 6.08 Å². The normalized spacial score (nSPS) is 16.8. The summed E-state index contributed by atoms with van der Waals surface area (Å²) >= 11 is 0. The number of amides is 1. The third kappa shape index (κ3) is 3.88. The summed E-state index contributed by atoms with van der Waals surface area (Å²) < 4.78 is 26.5. The maximum atomic E-state index is 13.3. The summed E-state index contributed by atoms with van der Waals surface area (Å²) in [4.78, 5) is 22.8. The molecule has 0 aliphatic carbocycles. The van der Waals surface area contributed by atoms with Gasteiger partial charge in [-0.2, -0.15) is 0 Å². The molecule has 9 nitrogen and oxygen atoms in total. The molecule has 1 aliphatic heterocycles. The molecule has 1 amide bonds. The van der Waals surface area contributed by atoms with Crippen LogP contribution in [0.1, 0.15) is 10.4 Å². The third-order valence-electron chi connectivity index (χ3n) is 5.80. The number of primary amides is 1. The summed E-state index contributed by atoms with van der Waals surface area (Å²) in [5.74, 6) is -0.724. The van der Waals surface area contributed by atoms with Gasteiger partial charge < -0.3 is 20.7 Å². The molecule has 0 saturated carbocycles. The van der Waals surface area contributed by atoms with Gasteiger partial charge in [0.05, 0.1) is 16.2 Å². The van der Waals surface area contributed by atoms with E-state index in [0.717, 1.165) is 13.1 Å². The Kier molecular flexibility index (Phi) is 5.76. The SMILES string of the molecule is C=CC(N1CCN(C)CC1)S(=O)(=O)c1ccc(-c2c(O)[nH]c3ccc(C(N)=O)cc23)nc1. The zero-order valence-electron chi connectivity index (χ0n) is 17.7. The number of aromatic amines is 1. The molecule has 1 unspecified atom stereocenters. The van der Waals surface area contributed by atoms with E-state index in [1.54, 1.807) is 18.2 Å². The Labute approximate surface area is 186 Å². The lowest BCUT2D eigenvalue weighted by atomic mass is 10.1. The van der Waals surface area contributed by atoms with Crippen LogP contribution >= 0.6 is 0 Å². The van der Waals surface area contributed by atoms with Crippen LogP contribution in [0.2, 0.25) is 0 Å². The molecule has 0 bridgehead atoms. The van der Waals surface area contributed by atoms with Crippen molar-refractivity contribution in [3.8, 4) is 17.1 Å². The summed E-state index contributed by atoms with van der Waals surface area (Å²) in [6.07, 6.45) is 2.73. The van der Waals surface area contributed by atoms with E-state index in [-0.39, 0.29) is 16.3 Å². The van der Waals surface area contributed by atoms with E-state index in [2.05, 4.69) is 21.4 Å². The van der Waals surface area contributed by atoms with Crippen molar-refractivity contribution < 1.29 is 18.3 Å². The number of pyridine rings is 1. The van der Waals surface area contributed by atoms with E-state index in [9.17, 15) is 18.3 Å². The molecule has 1 saturated heterocycles. The minimum Gasteiger partial charge on any atom is -0.494 e. The number of carbonyl (C=O) groups excluding carboxylic acids is 1. The van der Waals surface area contributed by atoms with Crippen LogP contribution in [-0.4, -0.2) is 77.8 Å². The topological polar surface area (TPSA) is 133 Å². The smallest absolute Gasteiger partial charge is 0.248 e. The molecule has 4 rings (SSSR count). The lowest BCUT2D eigenvalue weighted by Gasteiger charge is -2.36. The first-order chi connectivity index (χ1) is 15.2. The van der Waals surface area contributed by atoms with Crippen molar-refractivity contribution in [2.24, 2.45) is 5.73 Å². The molecule has 3 aromatic rings. The Balaban J connectivity index is 1.69. The first-order valence-electron chi connectivity index (χ1n) is 10.1. The number of hydrogen-bond acceptors (Lipinski definition) is 7. The zero-order chi connectivity index (χ0) is 23.0. The van der Waals surface area contributed by atoms with E-state index >= 15 is 0 Å². The van der Waals surface area contributed by atoms with Crippen molar-refractivity contribution in [3.05, 3.63) is 54.7 Å². The minimum atomic E-state index is -3.73. The Morgan fingerprint density at radius 2 is 1.97 bits per heavy atom. The number of rotatable bonds is 6. The number of likely N-dealkylation sites (N-methyl/N-ethyl adjacent to an activating group) is 1. The fourth-order valence-corrected chi connectivity index (χ4v) is 5.57. The predicted molar refractivity (Wildman–Crippen MR) is 122 cm³/mol. The number of fused-ring (bicyclic) bond motifs is 1. The molecule has 0 radical (unpaired) electrons. The van der Waals surface area contributed by atoms with Crippen LogP contribution in [0.15, 0.2) is 54.1 Å². The minimum absolute atomic E-state index is 0.0715. The second kappa shape index (κ2) is 8.38. The van der Waals surface area contributed by atoms with Crippen LogP contribution in [0.3, 0.4) is 0 Å². The molecule has 3 heterocycles. The lowest BCUT2D eigenvalue weighted by molar-refractivity contribution is 0.100. The maximum Gasteiger partial charge on any atom is 0.248 e. The highest BCUT2D eigenvalue weighted by atomic mass is 32.2. The van der Waals surface area contributed by atoms with Crippen LogP contribution in [0, 0.1) is 0 Å². The van der Waals surface area contributed by atoms with Gasteiger partial charge in [-0.25, -0.2) is 8.42 Å². The van der Waals surface area contributed by atoms with Crippen molar-refractivity contribution >= 4 is 26.6 Å². The second-order valence-corrected chi connectivity index (χ2v) is 9.91. The summed E-state index contributed by atoms with van der Waals surface area (Å²) in [5, 5.41) is 10.1. The van der Waals surface area contributed by atoms with Crippen LogP contribution in [0.25, 0.3) is 22.2 Å². The van der Waals surface area contributed by atoms with E-state index in [4.69, 9.17) is 5.73 Å². The van der Waals surface area contributed by atoms with E-state index in [1.807, 2.05) is 11.9 Å². The summed E-state index contributed by atoms with van der Waals surface area (Å²) in [5.41, 5.74) is 6.99. The van der Waals surface area contributed by atoms with Crippen molar-refractivity contribution in [2.75, 3.05) is 33.2 Å². The first-order valence-corrected chi connectivity index (χ1v) is 11.7. The Morgan fingerprint density at radius 1 is 1.25 bits per heavy atom. The predicted octanol–water partition coefficient (Wildman–Crippen LogP) is 1.57. The Morgan fingerprint density at radius 3 is 2.56 bits per heavy atom. The van der Waals surface area contributed by atoms with Crippen molar-refractivity contribution in [2.45, 2.75) is 10.3 Å². The number of H-pyrrole nitrogens is 1. The van der Waals surface area contributed by atoms with Gasteiger partial charge in [0.2, 0.25) is 5.91 Å². The van der Waals surface area contributed by atoms with Crippen LogP contribution in [0.4, 0.5) is 0 Å². The zero-order valence-corrected chi connectivity index (χ0v) is 18.5. The van der Waals surface area contributed by atoms with Gasteiger partial charge in [0.1, 0.15) is 5.37 Å². The van der Waals surface area contributed by atoms with Gasteiger partial charge in [0.15, 0.2) is 15.7 Å².